The minimum absolute atomic E-state index is 0.187. The molecule has 1 aromatic carbocycles. The largest absolute Gasteiger partial charge is 0.381 e. The SMILES string of the molecule is O=S(=O)(NC1(CBr)CCOCC1)c1cccc(Cl)c1. The van der Waals surface area contributed by atoms with Gasteiger partial charge in [0.05, 0.1) is 4.90 Å². The molecule has 1 aliphatic rings. The Kier molecular flexibility index (Phi) is 4.89. The average molecular weight is 369 g/mol. The fourth-order valence-electron chi connectivity index (χ4n) is 2.00. The van der Waals surface area contributed by atoms with E-state index in [1.807, 2.05) is 0 Å². The predicted molar refractivity (Wildman–Crippen MR) is 78.4 cm³/mol. The minimum atomic E-state index is -3.57. The number of rotatable bonds is 4. The van der Waals surface area contributed by atoms with Gasteiger partial charge in [-0.3, -0.25) is 0 Å². The van der Waals surface area contributed by atoms with Crippen LogP contribution in [0.2, 0.25) is 5.02 Å². The van der Waals surface area contributed by atoms with Gasteiger partial charge in [0.2, 0.25) is 10.0 Å². The molecule has 0 spiro atoms. The maximum absolute atomic E-state index is 12.4. The van der Waals surface area contributed by atoms with Gasteiger partial charge in [0, 0.05) is 29.1 Å². The van der Waals surface area contributed by atoms with Crippen LogP contribution in [-0.4, -0.2) is 32.5 Å². The Morgan fingerprint density at radius 3 is 2.63 bits per heavy atom. The lowest BCUT2D eigenvalue weighted by Crippen LogP contribution is -2.53. The zero-order chi connectivity index (χ0) is 13.9. The Balaban J connectivity index is 2.25. The monoisotopic (exact) mass is 367 g/mol. The van der Waals surface area contributed by atoms with Gasteiger partial charge >= 0.3 is 0 Å². The van der Waals surface area contributed by atoms with Crippen LogP contribution in [0, 0.1) is 0 Å². The lowest BCUT2D eigenvalue weighted by Gasteiger charge is -2.36. The van der Waals surface area contributed by atoms with Crippen molar-refractivity contribution in [1.82, 2.24) is 4.72 Å². The van der Waals surface area contributed by atoms with Gasteiger partial charge in [0.1, 0.15) is 0 Å². The molecule has 106 valence electrons. The molecule has 0 unspecified atom stereocenters. The molecular weight excluding hydrogens is 354 g/mol. The third kappa shape index (κ3) is 3.70. The molecule has 1 fully saturated rings. The van der Waals surface area contributed by atoms with E-state index in [0.717, 1.165) is 0 Å². The maximum Gasteiger partial charge on any atom is 0.241 e. The Morgan fingerprint density at radius 2 is 2.05 bits per heavy atom. The summed E-state index contributed by atoms with van der Waals surface area (Å²) in [5, 5.41) is 0.964. The first kappa shape index (κ1) is 15.3. The van der Waals surface area contributed by atoms with Crippen molar-refractivity contribution in [3.8, 4) is 0 Å². The lowest BCUT2D eigenvalue weighted by molar-refractivity contribution is 0.0557. The molecule has 0 aliphatic carbocycles. The van der Waals surface area contributed by atoms with Crippen molar-refractivity contribution in [1.29, 1.82) is 0 Å². The predicted octanol–water partition coefficient (Wildman–Crippen LogP) is 2.56. The molecule has 0 aromatic heterocycles. The molecule has 0 amide bonds. The number of ether oxygens (including phenoxy) is 1. The van der Waals surface area contributed by atoms with E-state index in [0.29, 0.717) is 36.4 Å². The molecule has 1 aliphatic heterocycles. The van der Waals surface area contributed by atoms with Crippen LogP contribution in [0.1, 0.15) is 12.8 Å². The van der Waals surface area contributed by atoms with E-state index in [1.54, 1.807) is 12.1 Å². The third-order valence-corrected chi connectivity index (χ3v) is 6.05. The topological polar surface area (TPSA) is 55.4 Å². The van der Waals surface area contributed by atoms with Gasteiger partial charge in [-0.05, 0) is 31.0 Å². The quantitative estimate of drug-likeness (QED) is 0.831. The van der Waals surface area contributed by atoms with E-state index in [2.05, 4.69) is 20.7 Å². The Labute approximate surface area is 126 Å². The Bertz CT molecular complexity index is 544. The molecule has 19 heavy (non-hydrogen) atoms. The molecule has 0 saturated carbocycles. The standard InChI is InChI=1S/C12H15BrClNO3S/c13-9-12(4-6-18-7-5-12)15-19(16,17)11-3-1-2-10(14)8-11/h1-3,8,15H,4-7,9H2. The van der Waals surface area contributed by atoms with Crippen molar-refractivity contribution >= 4 is 37.6 Å². The van der Waals surface area contributed by atoms with Gasteiger partial charge in [0.25, 0.3) is 0 Å². The molecule has 0 atom stereocenters. The second-order valence-corrected chi connectivity index (χ2v) is 7.27. The zero-order valence-corrected chi connectivity index (χ0v) is 13.4. The number of sulfonamides is 1. The molecule has 1 aromatic rings. The molecule has 1 N–H and O–H groups in total. The molecule has 2 rings (SSSR count). The summed E-state index contributed by atoms with van der Waals surface area (Å²) in [7, 11) is -3.57. The van der Waals surface area contributed by atoms with Crippen molar-refractivity contribution < 1.29 is 13.2 Å². The van der Waals surface area contributed by atoms with Gasteiger partial charge in [-0.2, -0.15) is 0 Å². The van der Waals surface area contributed by atoms with Crippen molar-refractivity contribution in [2.45, 2.75) is 23.3 Å². The molecule has 1 heterocycles. The maximum atomic E-state index is 12.4. The van der Waals surface area contributed by atoms with E-state index in [4.69, 9.17) is 16.3 Å². The Morgan fingerprint density at radius 1 is 1.37 bits per heavy atom. The molecule has 4 nitrogen and oxygen atoms in total. The van der Waals surface area contributed by atoms with E-state index in [9.17, 15) is 8.42 Å². The first-order chi connectivity index (χ1) is 8.97. The first-order valence-corrected chi connectivity index (χ1v) is 8.89. The highest BCUT2D eigenvalue weighted by Gasteiger charge is 2.36. The minimum Gasteiger partial charge on any atom is -0.381 e. The summed E-state index contributed by atoms with van der Waals surface area (Å²) >= 11 is 9.24. The van der Waals surface area contributed by atoms with Crippen molar-refractivity contribution in [2.75, 3.05) is 18.5 Å². The first-order valence-electron chi connectivity index (χ1n) is 5.91. The second kappa shape index (κ2) is 6.10. The van der Waals surface area contributed by atoms with Crippen LogP contribution in [0.4, 0.5) is 0 Å². The molecule has 0 radical (unpaired) electrons. The van der Waals surface area contributed by atoms with Crippen LogP contribution in [0.5, 0.6) is 0 Å². The molecule has 7 heteroatoms. The van der Waals surface area contributed by atoms with E-state index < -0.39 is 15.6 Å². The average Bonchev–Trinajstić information content (AvgIpc) is 2.39. The normalized spacial score (nSPS) is 19.3. The molecule has 0 bridgehead atoms. The number of hydrogen-bond acceptors (Lipinski definition) is 3. The summed E-state index contributed by atoms with van der Waals surface area (Å²) in [6.07, 6.45) is 1.30. The lowest BCUT2D eigenvalue weighted by atomic mass is 9.94. The highest BCUT2D eigenvalue weighted by molar-refractivity contribution is 9.09. The number of alkyl halides is 1. The summed E-state index contributed by atoms with van der Waals surface area (Å²) in [6, 6.07) is 6.26. The van der Waals surface area contributed by atoms with Crippen LogP contribution in [-0.2, 0) is 14.8 Å². The van der Waals surface area contributed by atoms with E-state index in [1.165, 1.54) is 12.1 Å². The second-order valence-electron chi connectivity index (χ2n) is 4.59. The number of hydrogen-bond donors (Lipinski definition) is 1. The van der Waals surface area contributed by atoms with E-state index in [-0.39, 0.29) is 4.90 Å². The number of benzene rings is 1. The van der Waals surface area contributed by atoms with Crippen LogP contribution in [0.3, 0.4) is 0 Å². The number of halogens is 2. The highest BCUT2D eigenvalue weighted by Crippen LogP contribution is 2.26. The fraction of sp³-hybridized carbons (Fsp3) is 0.500. The fourth-order valence-corrected chi connectivity index (χ4v) is 4.65. The van der Waals surface area contributed by atoms with Crippen LogP contribution in [0.15, 0.2) is 29.2 Å². The van der Waals surface area contributed by atoms with Gasteiger partial charge in [-0.1, -0.05) is 33.6 Å². The van der Waals surface area contributed by atoms with Crippen molar-refractivity contribution in [3.63, 3.8) is 0 Å². The summed E-state index contributed by atoms with van der Waals surface area (Å²) in [5.74, 6) is 0. The van der Waals surface area contributed by atoms with Gasteiger partial charge in [-0.25, -0.2) is 13.1 Å². The van der Waals surface area contributed by atoms with Gasteiger partial charge in [-0.15, -0.1) is 0 Å². The van der Waals surface area contributed by atoms with Crippen molar-refractivity contribution in [3.05, 3.63) is 29.3 Å². The smallest absolute Gasteiger partial charge is 0.241 e. The zero-order valence-electron chi connectivity index (χ0n) is 10.2. The van der Waals surface area contributed by atoms with Gasteiger partial charge in [0.15, 0.2) is 0 Å². The third-order valence-electron chi connectivity index (χ3n) is 3.16. The van der Waals surface area contributed by atoms with Crippen LogP contribution >= 0.6 is 27.5 Å². The summed E-state index contributed by atoms with van der Waals surface area (Å²) in [6.45, 7) is 1.12. The molecule has 1 saturated heterocycles. The van der Waals surface area contributed by atoms with Crippen LogP contribution in [0.25, 0.3) is 0 Å². The van der Waals surface area contributed by atoms with Crippen LogP contribution < -0.4 is 4.72 Å². The summed E-state index contributed by atoms with van der Waals surface area (Å²) in [5.41, 5.74) is -0.487. The van der Waals surface area contributed by atoms with E-state index >= 15 is 0 Å². The summed E-state index contributed by atoms with van der Waals surface area (Å²) < 4.78 is 32.8. The number of nitrogens with one attached hydrogen (secondary N) is 1. The Hall–Kier alpha value is -0.140. The molecular formula is C12H15BrClNO3S. The van der Waals surface area contributed by atoms with Gasteiger partial charge < -0.3 is 4.74 Å². The summed E-state index contributed by atoms with van der Waals surface area (Å²) in [4.78, 5) is 0.187. The highest BCUT2D eigenvalue weighted by atomic mass is 79.9. The van der Waals surface area contributed by atoms with Crippen molar-refractivity contribution in [2.24, 2.45) is 0 Å².